The van der Waals surface area contributed by atoms with E-state index in [9.17, 15) is 27.6 Å². The fourth-order valence-corrected chi connectivity index (χ4v) is 5.24. The maximum atomic E-state index is 14.2. The lowest BCUT2D eigenvalue weighted by molar-refractivity contribution is -0.192. The smallest absolute Gasteiger partial charge is 0.475 e. The van der Waals surface area contributed by atoms with Crippen LogP contribution >= 0.6 is 0 Å². The van der Waals surface area contributed by atoms with E-state index in [1.165, 1.54) is 0 Å². The van der Waals surface area contributed by atoms with Crippen LogP contribution in [-0.4, -0.2) is 65.4 Å². The van der Waals surface area contributed by atoms with E-state index in [0.29, 0.717) is 18.4 Å². The van der Waals surface area contributed by atoms with E-state index in [1.54, 1.807) is 12.1 Å². The number of amidine groups is 1. The van der Waals surface area contributed by atoms with Crippen molar-refractivity contribution in [3.8, 4) is 0 Å². The third kappa shape index (κ3) is 13.3. The lowest BCUT2D eigenvalue weighted by Gasteiger charge is -2.25. The minimum Gasteiger partial charge on any atom is -0.475 e. The third-order valence-electron chi connectivity index (χ3n) is 7.96. The van der Waals surface area contributed by atoms with Gasteiger partial charge in [0.25, 0.3) is 0 Å². The zero-order chi connectivity index (χ0) is 39.1. The third-order valence-corrected chi connectivity index (χ3v) is 7.96. The Morgan fingerprint density at radius 2 is 1.30 bits per heavy atom. The Morgan fingerprint density at radius 3 is 1.87 bits per heavy atom. The maximum absolute atomic E-state index is 14.2. The first kappa shape index (κ1) is 41.0. The number of halogens is 3. The predicted molar refractivity (Wildman–Crippen MR) is 195 cm³/mol. The van der Waals surface area contributed by atoms with Crippen molar-refractivity contribution in [1.29, 1.82) is 5.41 Å². The van der Waals surface area contributed by atoms with Gasteiger partial charge in [-0.2, -0.15) is 13.2 Å². The molecule has 4 aromatic rings. The van der Waals surface area contributed by atoms with Crippen molar-refractivity contribution in [3.63, 3.8) is 0 Å². The van der Waals surface area contributed by atoms with E-state index in [-0.39, 0.29) is 37.1 Å². The number of fused-ring (bicyclic) bond motifs is 1. The molecule has 0 aromatic heterocycles. The molecule has 4 aromatic carbocycles. The van der Waals surface area contributed by atoms with Crippen LogP contribution in [0, 0.1) is 5.41 Å². The van der Waals surface area contributed by atoms with E-state index in [1.807, 2.05) is 84.9 Å². The largest absolute Gasteiger partial charge is 0.490 e. The van der Waals surface area contributed by atoms with Crippen molar-refractivity contribution in [2.45, 2.75) is 49.9 Å². The van der Waals surface area contributed by atoms with Gasteiger partial charge in [0.15, 0.2) is 5.96 Å². The molecule has 4 rings (SSSR count). The summed E-state index contributed by atoms with van der Waals surface area (Å²) >= 11 is 0. The van der Waals surface area contributed by atoms with Crippen LogP contribution in [0.25, 0.3) is 10.8 Å². The minimum absolute atomic E-state index is 0.0457. The Hall–Kier alpha value is -6.45. The van der Waals surface area contributed by atoms with Gasteiger partial charge in [0.2, 0.25) is 17.7 Å². The maximum Gasteiger partial charge on any atom is 0.490 e. The van der Waals surface area contributed by atoms with Crippen LogP contribution in [0.15, 0.2) is 102 Å². The van der Waals surface area contributed by atoms with Gasteiger partial charge >= 0.3 is 12.1 Å². The van der Waals surface area contributed by atoms with Crippen molar-refractivity contribution in [3.05, 3.63) is 119 Å². The Balaban J connectivity index is 0.000000980. The number of carbonyl (C=O) groups is 4. The number of carboxylic acid groups (broad SMARTS) is 1. The number of amides is 3. The molecule has 0 spiro atoms. The normalized spacial score (nSPS) is 12.6. The predicted octanol–water partition coefficient (Wildman–Crippen LogP) is 2.83. The number of benzene rings is 4. The van der Waals surface area contributed by atoms with Gasteiger partial charge in [-0.1, -0.05) is 97.1 Å². The van der Waals surface area contributed by atoms with Gasteiger partial charge in [-0.05, 0) is 46.7 Å². The minimum atomic E-state index is -5.08. The number of hydrogen-bond donors (Lipinski definition) is 8. The second-order valence-corrected chi connectivity index (χ2v) is 11.9. The highest BCUT2D eigenvalue weighted by Gasteiger charge is 2.38. The van der Waals surface area contributed by atoms with Crippen LogP contribution in [0.2, 0.25) is 0 Å². The van der Waals surface area contributed by atoms with E-state index >= 15 is 0 Å². The van der Waals surface area contributed by atoms with Gasteiger partial charge in [-0.3, -0.25) is 24.8 Å². The molecule has 0 aliphatic rings. The number of nitrogen functional groups attached to an aromatic ring is 1. The highest BCUT2D eigenvalue weighted by atomic mass is 19.4. The van der Waals surface area contributed by atoms with Gasteiger partial charge < -0.3 is 38.7 Å². The quantitative estimate of drug-likeness (QED) is 0.0511. The Morgan fingerprint density at radius 1 is 0.736 bits per heavy atom. The summed E-state index contributed by atoms with van der Waals surface area (Å²) in [6, 6.07) is 28.2. The number of aliphatic carboxylic acids is 1. The number of nitrogens with one attached hydrogen (secondary N) is 3. The standard InChI is InChI=1S/C35H40N8O3.C2HF3O2/c36-31(37)25-14-12-23(13-15-25)19-28(27-17-16-24-9-4-5-10-26(24)21-27)33(45)43-30(20-22-7-2-1-3-8-22)34(46)42-29(32(38)44)11-6-18-41-35(39)40;3-2(4,5)1(6)7/h1-5,7-10,12-17,21,28-30H,6,11,18-20H2,(H3,36,37)(H2,38,44)(H,42,46)(H,43,45)(H4,39,40,41);(H,6,7)/t28-,29?,30-;/m0./s1. The van der Waals surface area contributed by atoms with Crippen molar-refractivity contribution >= 4 is 46.3 Å². The number of rotatable bonds is 15. The summed E-state index contributed by atoms with van der Waals surface area (Å²) in [5.74, 6) is -5.13. The van der Waals surface area contributed by atoms with Gasteiger partial charge in [-0.25, -0.2) is 4.79 Å². The molecule has 0 saturated carbocycles. The van der Waals surface area contributed by atoms with Gasteiger partial charge in [0, 0.05) is 18.5 Å². The molecule has 53 heavy (non-hydrogen) atoms. The number of hydrogen-bond acceptors (Lipinski definition) is 6. The number of guanidine groups is 1. The molecular formula is C37H41F3N8O5. The number of primary amides is 1. The number of nitrogens with zero attached hydrogens (tertiary/aromatic N) is 1. The monoisotopic (exact) mass is 734 g/mol. The second kappa shape index (κ2) is 19.2. The van der Waals surface area contributed by atoms with E-state index in [4.69, 9.17) is 38.2 Å². The SMILES string of the molecule is N=C(N)c1ccc(C[C@H](C(=O)N[C@@H](Cc2ccccc2)C(=O)NC(CCCN=C(N)N)C(N)=O)c2ccc3ccccc3c2)cc1.O=C(O)C(F)(F)F. The molecule has 3 atom stereocenters. The lowest BCUT2D eigenvalue weighted by Crippen LogP contribution is -2.54. The first-order valence-electron chi connectivity index (χ1n) is 16.3. The number of carboxylic acids is 1. The average molecular weight is 735 g/mol. The van der Waals surface area contributed by atoms with Crippen LogP contribution in [0.5, 0.6) is 0 Å². The molecular weight excluding hydrogens is 693 g/mol. The Bertz CT molecular complexity index is 1920. The molecule has 280 valence electrons. The van der Waals surface area contributed by atoms with Crippen molar-refractivity contribution < 1.29 is 37.5 Å². The molecule has 16 heteroatoms. The van der Waals surface area contributed by atoms with Crippen molar-refractivity contribution in [1.82, 2.24) is 10.6 Å². The van der Waals surface area contributed by atoms with E-state index in [2.05, 4.69) is 15.6 Å². The van der Waals surface area contributed by atoms with E-state index in [0.717, 1.165) is 27.5 Å². The molecule has 3 amide bonds. The molecule has 0 radical (unpaired) electrons. The summed E-state index contributed by atoms with van der Waals surface area (Å²) in [5.41, 5.74) is 25.1. The first-order chi connectivity index (χ1) is 25.0. The summed E-state index contributed by atoms with van der Waals surface area (Å²) < 4.78 is 31.7. The molecule has 0 heterocycles. The van der Waals surface area contributed by atoms with Crippen LogP contribution in [0.3, 0.4) is 0 Å². The Labute approximate surface area is 303 Å². The lowest BCUT2D eigenvalue weighted by atomic mass is 9.89. The summed E-state index contributed by atoms with van der Waals surface area (Å²) in [6.45, 7) is 0.271. The molecule has 12 N–H and O–H groups in total. The van der Waals surface area contributed by atoms with Gasteiger partial charge in [0.05, 0.1) is 5.92 Å². The fraction of sp³-hybridized carbons (Fsp3) is 0.243. The molecule has 0 saturated heterocycles. The summed E-state index contributed by atoms with van der Waals surface area (Å²) in [6.07, 6.45) is -3.93. The highest BCUT2D eigenvalue weighted by molar-refractivity contribution is 5.95. The molecule has 0 aliphatic carbocycles. The van der Waals surface area contributed by atoms with E-state index < -0.39 is 42.0 Å². The van der Waals surface area contributed by atoms with Crippen molar-refractivity contribution in [2.24, 2.45) is 27.9 Å². The number of nitrogens with two attached hydrogens (primary N) is 4. The van der Waals surface area contributed by atoms with Crippen molar-refractivity contribution in [2.75, 3.05) is 6.54 Å². The van der Waals surface area contributed by atoms with Gasteiger partial charge in [0.1, 0.15) is 17.9 Å². The average Bonchev–Trinajstić information content (AvgIpc) is 3.11. The van der Waals surface area contributed by atoms with Gasteiger partial charge in [-0.15, -0.1) is 0 Å². The summed E-state index contributed by atoms with van der Waals surface area (Å²) in [7, 11) is 0. The van der Waals surface area contributed by atoms with Crippen LogP contribution in [0.4, 0.5) is 13.2 Å². The Kier molecular flexibility index (Phi) is 14.9. The summed E-state index contributed by atoms with van der Waals surface area (Å²) in [4.78, 5) is 52.9. The van der Waals surface area contributed by atoms with Crippen LogP contribution < -0.4 is 33.6 Å². The molecule has 0 fully saturated rings. The van der Waals surface area contributed by atoms with Crippen LogP contribution in [-0.2, 0) is 32.0 Å². The molecule has 0 aliphatic heterocycles. The second-order valence-electron chi connectivity index (χ2n) is 11.9. The zero-order valence-electron chi connectivity index (χ0n) is 28.5. The summed E-state index contributed by atoms with van der Waals surface area (Å²) in [5, 5.41) is 22.6. The number of alkyl halides is 3. The fourth-order valence-electron chi connectivity index (χ4n) is 5.24. The topological polar surface area (TPSA) is 253 Å². The molecule has 13 nitrogen and oxygen atoms in total. The number of aliphatic imine (C=N–C) groups is 1. The highest BCUT2D eigenvalue weighted by Crippen LogP contribution is 2.26. The molecule has 0 bridgehead atoms. The molecule has 1 unspecified atom stereocenters. The first-order valence-corrected chi connectivity index (χ1v) is 16.3. The zero-order valence-corrected chi connectivity index (χ0v) is 28.5. The number of carbonyl (C=O) groups excluding carboxylic acids is 3. The van der Waals surface area contributed by atoms with Crippen LogP contribution in [0.1, 0.15) is 41.0 Å².